The number of unbranched alkanes of at least 4 members (excludes halogenated alkanes) is 15. The van der Waals surface area contributed by atoms with Crippen LogP contribution in [0.15, 0.2) is 109 Å². The third kappa shape index (κ3) is 31.9. The molecule has 434 valence electrons. The zero-order chi connectivity index (χ0) is 55.3. The Bertz CT molecular complexity index is 1690. The van der Waals surface area contributed by atoms with Crippen molar-refractivity contribution in [3.8, 4) is 0 Å². The van der Waals surface area contributed by atoms with Crippen LogP contribution in [0.1, 0.15) is 181 Å². The third-order valence-electron chi connectivity index (χ3n) is 13.4. The van der Waals surface area contributed by atoms with Crippen molar-refractivity contribution in [1.29, 1.82) is 0 Å². The van der Waals surface area contributed by atoms with E-state index in [4.69, 9.17) is 18.9 Å². The first-order valence-electron chi connectivity index (χ1n) is 29.1. The summed E-state index contributed by atoms with van der Waals surface area (Å²) < 4.78 is 22.7. The van der Waals surface area contributed by atoms with Gasteiger partial charge in [-0.15, -0.1) is 0 Å². The summed E-state index contributed by atoms with van der Waals surface area (Å²) in [6.07, 6.45) is 48.3. The SMILES string of the molecule is CC/C=C\C/C=C\C/C=C\C/C=C\C/C=C\C/C=C\CCCCCCCCC(=O)NC(COC1OC(CO)C(OC2OC(CO)C(O)C(O)C2O)C(O)C1O)C(O)/C=C/CC/C=C/CC/C=C/CCCCCCCCC. The first-order valence-corrected chi connectivity index (χ1v) is 29.1. The van der Waals surface area contributed by atoms with E-state index in [2.05, 4.69) is 116 Å². The third-order valence-corrected chi connectivity index (χ3v) is 13.4. The van der Waals surface area contributed by atoms with E-state index in [0.29, 0.717) is 12.8 Å². The lowest BCUT2D eigenvalue weighted by atomic mass is 9.97. The molecule has 2 heterocycles. The van der Waals surface area contributed by atoms with E-state index >= 15 is 0 Å². The number of amides is 1. The number of aliphatic hydroxyl groups is 8. The van der Waals surface area contributed by atoms with Crippen LogP contribution in [-0.4, -0.2) is 140 Å². The van der Waals surface area contributed by atoms with E-state index in [1.165, 1.54) is 44.9 Å². The number of carbonyl (C=O) groups excluding carboxylic acids is 1. The van der Waals surface area contributed by atoms with Gasteiger partial charge >= 0.3 is 0 Å². The molecule has 0 spiro atoms. The van der Waals surface area contributed by atoms with Crippen molar-refractivity contribution in [2.75, 3.05) is 19.8 Å². The van der Waals surface area contributed by atoms with Crippen LogP contribution < -0.4 is 5.32 Å². The molecule has 0 aromatic carbocycles. The summed E-state index contributed by atoms with van der Waals surface area (Å²) in [5, 5.41) is 87.0. The van der Waals surface area contributed by atoms with Gasteiger partial charge in [-0.3, -0.25) is 4.79 Å². The maximum absolute atomic E-state index is 13.2. The predicted molar refractivity (Wildman–Crippen MR) is 304 cm³/mol. The normalized spacial score (nSPS) is 25.7. The molecular formula is C62H103NO13. The van der Waals surface area contributed by atoms with Crippen molar-refractivity contribution in [1.82, 2.24) is 5.32 Å². The lowest BCUT2D eigenvalue weighted by Crippen LogP contribution is -2.65. The molecule has 76 heavy (non-hydrogen) atoms. The molecule has 1 amide bonds. The smallest absolute Gasteiger partial charge is 0.220 e. The number of rotatable bonds is 44. The van der Waals surface area contributed by atoms with Crippen LogP contribution in [-0.2, 0) is 23.7 Å². The highest BCUT2D eigenvalue weighted by Gasteiger charge is 2.51. The van der Waals surface area contributed by atoms with E-state index in [-0.39, 0.29) is 18.9 Å². The Hall–Kier alpha value is -3.35. The average molecular weight is 1070 g/mol. The molecule has 2 aliphatic rings. The fourth-order valence-electron chi connectivity index (χ4n) is 8.74. The summed E-state index contributed by atoms with van der Waals surface area (Å²) in [7, 11) is 0. The van der Waals surface area contributed by atoms with Crippen LogP contribution in [0.2, 0.25) is 0 Å². The lowest BCUT2D eigenvalue weighted by Gasteiger charge is -2.46. The molecule has 9 N–H and O–H groups in total. The predicted octanol–water partition coefficient (Wildman–Crippen LogP) is 9.66. The second-order valence-corrected chi connectivity index (χ2v) is 20.0. The summed E-state index contributed by atoms with van der Waals surface area (Å²) in [5.74, 6) is -0.274. The summed E-state index contributed by atoms with van der Waals surface area (Å²) in [4.78, 5) is 13.2. The average Bonchev–Trinajstić information content (AvgIpc) is 3.42. The minimum absolute atomic E-state index is 0.245. The highest BCUT2D eigenvalue weighted by Crippen LogP contribution is 2.30. The van der Waals surface area contributed by atoms with Gasteiger partial charge < -0.3 is 65.1 Å². The summed E-state index contributed by atoms with van der Waals surface area (Å²) in [6.45, 7) is 2.62. The van der Waals surface area contributed by atoms with Crippen LogP contribution in [0.25, 0.3) is 0 Å². The Morgan fingerprint density at radius 1 is 0.487 bits per heavy atom. The second kappa shape index (κ2) is 46.6. The number of aliphatic hydroxyl groups excluding tert-OH is 8. The van der Waals surface area contributed by atoms with Gasteiger partial charge in [0, 0.05) is 6.42 Å². The standard InChI is InChI=1S/C62H103NO13/c1-3-5-7-9-11-13-15-17-19-21-22-23-24-25-26-27-28-30-32-34-36-38-40-42-44-46-54(67)63-50(51(66)45-43-41-39-37-35-33-31-29-20-18-16-14-12-10-8-6-4-2)49-73-61-59(72)57(70)60(53(48-65)75-61)76-62-58(71)56(69)55(68)52(47-64)74-62/h5,7,11,13,17,19-20,22-23,25-26,28-30,35,37,43,45,50-53,55-62,64-66,68-72H,3-4,6,8-10,12,14-16,18,21,24,27,31-34,36,38-42,44,46-49H2,1-2H3,(H,63,67)/b7-5-,13-11-,19-17-,23-22-,26-25-,29-20+,30-28-,37-35+,45-43+. The van der Waals surface area contributed by atoms with Crippen molar-refractivity contribution < 1.29 is 64.6 Å². The molecule has 12 unspecified atom stereocenters. The fourth-order valence-corrected chi connectivity index (χ4v) is 8.74. The highest BCUT2D eigenvalue weighted by molar-refractivity contribution is 5.76. The van der Waals surface area contributed by atoms with Gasteiger partial charge in [-0.05, 0) is 96.3 Å². The maximum Gasteiger partial charge on any atom is 0.220 e. The molecular weight excluding hydrogens is 967 g/mol. The summed E-state index contributed by atoms with van der Waals surface area (Å²) >= 11 is 0. The van der Waals surface area contributed by atoms with Crippen molar-refractivity contribution in [2.45, 2.75) is 254 Å². The molecule has 0 bridgehead atoms. The van der Waals surface area contributed by atoms with Crippen LogP contribution in [0.5, 0.6) is 0 Å². The van der Waals surface area contributed by atoms with E-state index < -0.39 is 86.8 Å². The van der Waals surface area contributed by atoms with E-state index in [0.717, 1.165) is 103 Å². The van der Waals surface area contributed by atoms with Crippen LogP contribution in [0.4, 0.5) is 0 Å². The van der Waals surface area contributed by atoms with Gasteiger partial charge in [-0.25, -0.2) is 0 Å². The van der Waals surface area contributed by atoms with Crippen molar-refractivity contribution in [3.05, 3.63) is 109 Å². The number of nitrogens with one attached hydrogen (secondary N) is 1. The van der Waals surface area contributed by atoms with Crippen molar-refractivity contribution >= 4 is 5.91 Å². The number of hydrogen-bond donors (Lipinski definition) is 9. The molecule has 2 fully saturated rings. The molecule has 2 rings (SSSR count). The summed E-state index contributed by atoms with van der Waals surface area (Å²) in [5.41, 5.74) is 0. The minimum Gasteiger partial charge on any atom is -0.394 e. The maximum atomic E-state index is 13.2. The molecule has 0 aliphatic carbocycles. The summed E-state index contributed by atoms with van der Waals surface area (Å²) in [6, 6.07) is -0.954. The Morgan fingerprint density at radius 3 is 1.45 bits per heavy atom. The van der Waals surface area contributed by atoms with Gasteiger partial charge in [-0.1, -0.05) is 187 Å². The lowest BCUT2D eigenvalue weighted by molar-refractivity contribution is -0.359. The molecule has 0 aromatic rings. The van der Waals surface area contributed by atoms with E-state index in [1.807, 2.05) is 6.08 Å². The molecule has 14 nitrogen and oxygen atoms in total. The Kier molecular flexibility index (Phi) is 42.1. The first-order chi connectivity index (χ1) is 37.1. The largest absolute Gasteiger partial charge is 0.394 e. The van der Waals surface area contributed by atoms with Crippen molar-refractivity contribution in [3.63, 3.8) is 0 Å². The zero-order valence-corrected chi connectivity index (χ0v) is 46.4. The van der Waals surface area contributed by atoms with Gasteiger partial charge in [0.1, 0.15) is 48.8 Å². The second-order valence-electron chi connectivity index (χ2n) is 20.0. The van der Waals surface area contributed by atoms with Gasteiger partial charge in [0.05, 0.1) is 32.0 Å². The molecule has 0 aromatic heterocycles. The van der Waals surface area contributed by atoms with Gasteiger partial charge in [0.15, 0.2) is 12.6 Å². The Balaban J connectivity index is 1.80. The van der Waals surface area contributed by atoms with Gasteiger partial charge in [-0.2, -0.15) is 0 Å². The van der Waals surface area contributed by atoms with E-state index in [9.17, 15) is 45.6 Å². The van der Waals surface area contributed by atoms with Gasteiger partial charge in [0.25, 0.3) is 0 Å². The number of ether oxygens (including phenoxy) is 4. The Labute approximate surface area is 457 Å². The topological polar surface area (TPSA) is 228 Å². The molecule has 2 aliphatic heterocycles. The highest BCUT2D eigenvalue weighted by atomic mass is 16.7. The molecule has 0 radical (unpaired) electrons. The van der Waals surface area contributed by atoms with Crippen LogP contribution in [0, 0.1) is 0 Å². The van der Waals surface area contributed by atoms with Gasteiger partial charge in [0.2, 0.25) is 5.91 Å². The Morgan fingerprint density at radius 2 is 0.921 bits per heavy atom. The first kappa shape index (κ1) is 68.8. The zero-order valence-electron chi connectivity index (χ0n) is 46.4. The monoisotopic (exact) mass is 1070 g/mol. The quantitative estimate of drug-likeness (QED) is 0.0205. The molecule has 2 saturated heterocycles. The van der Waals surface area contributed by atoms with Crippen molar-refractivity contribution in [2.24, 2.45) is 0 Å². The number of carbonyl (C=O) groups is 1. The fraction of sp³-hybridized carbons (Fsp3) is 0.694. The number of hydrogen-bond acceptors (Lipinski definition) is 13. The molecule has 12 atom stereocenters. The van der Waals surface area contributed by atoms with Crippen LogP contribution in [0.3, 0.4) is 0 Å². The van der Waals surface area contributed by atoms with E-state index in [1.54, 1.807) is 6.08 Å². The molecule has 14 heteroatoms. The minimum atomic E-state index is -1.80. The number of allylic oxidation sites excluding steroid dienone is 17. The molecule has 0 saturated carbocycles. The van der Waals surface area contributed by atoms with Crippen LogP contribution >= 0.6 is 0 Å².